The van der Waals surface area contributed by atoms with Crippen LogP contribution in [0.15, 0.2) is 37.4 Å². The lowest BCUT2D eigenvalue weighted by atomic mass is 10.0. The predicted molar refractivity (Wildman–Crippen MR) is 80.0 cm³/mol. The van der Waals surface area contributed by atoms with Crippen molar-refractivity contribution in [2.75, 3.05) is 4.90 Å². The molecule has 0 aliphatic carbocycles. The van der Waals surface area contributed by atoms with Gasteiger partial charge in [-0.25, -0.2) is 4.39 Å². The summed E-state index contributed by atoms with van der Waals surface area (Å²) < 4.78 is 13.8. The van der Waals surface area contributed by atoms with Crippen molar-refractivity contribution in [2.24, 2.45) is 5.73 Å². The largest absolute Gasteiger partial charge is 0.399 e. The summed E-state index contributed by atoms with van der Waals surface area (Å²) >= 11 is 4.99. The highest BCUT2D eigenvalue weighted by atomic mass is 32.1. The predicted octanol–water partition coefficient (Wildman–Crippen LogP) is 3.48. The van der Waals surface area contributed by atoms with E-state index < -0.39 is 11.4 Å². The normalized spacial score (nSPS) is 10.8. The van der Waals surface area contributed by atoms with Gasteiger partial charge in [-0.1, -0.05) is 24.9 Å². The maximum absolute atomic E-state index is 13.8. The van der Waals surface area contributed by atoms with E-state index in [1.807, 2.05) is 13.8 Å². The Morgan fingerprint density at radius 3 is 2.50 bits per heavy atom. The molecule has 2 N–H and O–H groups in total. The van der Waals surface area contributed by atoms with Crippen LogP contribution in [-0.2, 0) is 0 Å². The molecule has 0 amide bonds. The third-order valence-electron chi connectivity index (χ3n) is 2.80. The van der Waals surface area contributed by atoms with Gasteiger partial charge in [-0.2, -0.15) is 0 Å². The molecule has 18 heavy (non-hydrogen) atoms. The van der Waals surface area contributed by atoms with Gasteiger partial charge in [-0.15, -0.1) is 6.58 Å². The molecule has 0 bridgehead atoms. The second kappa shape index (κ2) is 5.31. The van der Waals surface area contributed by atoms with Crippen molar-refractivity contribution in [3.8, 4) is 0 Å². The van der Waals surface area contributed by atoms with E-state index in [4.69, 9.17) is 18.0 Å². The molecule has 0 unspecified atom stereocenters. The number of hydrogen-bond donors (Lipinski definition) is 1. The Morgan fingerprint density at radius 2 is 2.11 bits per heavy atom. The van der Waals surface area contributed by atoms with Crippen molar-refractivity contribution in [3.05, 3.63) is 48.8 Å². The molecule has 0 atom stereocenters. The molecule has 0 spiro atoms. The molecule has 1 rings (SSSR count). The zero-order chi connectivity index (χ0) is 13.9. The smallest absolute Gasteiger partial charge is 0.134 e. The molecule has 1 aromatic carbocycles. The zero-order valence-corrected chi connectivity index (χ0v) is 11.4. The number of nitrogens with zero attached hydrogens (tertiary/aromatic N) is 1. The van der Waals surface area contributed by atoms with Crippen LogP contribution >= 0.6 is 12.2 Å². The van der Waals surface area contributed by atoms with Crippen LogP contribution in [0.5, 0.6) is 0 Å². The highest BCUT2D eigenvalue weighted by Crippen LogP contribution is 2.26. The van der Waals surface area contributed by atoms with Gasteiger partial charge in [0.15, 0.2) is 0 Å². The van der Waals surface area contributed by atoms with Gasteiger partial charge < -0.3 is 10.6 Å². The topological polar surface area (TPSA) is 29.3 Å². The Bertz CT molecular complexity index is 495. The van der Waals surface area contributed by atoms with Gasteiger partial charge in [0, 0.05) is 16.9 Å². The lowest BCUT2D eigenvalue weighted by molar-refractivity contribution is 0.617. The van der Waals surface area contributed by atoms with Crippen molar-refractivity contribution in [2.45, 2.75) is 19.4 Å². The molecule has 0 aromatic heterocycles. The van der Waals surface area contributed by atoms with E-state index in [0.717, 1.165) is 0 Å². The lowest BCUT2D eigenvalue weighted by Gasteiger charge is -2.34. The molecule has 2 nitrogen and oxygen atoms in total. The maximum atomic E-state index is 13.8. The Labute approximate surface area is 113 Å². The molecule has 0 aliphatic heterocycles. The number of hydrogen-bond acceptors (Lipinski definition) is 2. The van der Waals surface area contributed by atoms with Gasteiger partial charge in [-0.3, -0.25) is 0 Å². The van der Waals surface area contributed by atoms with E-state index in [-0.39, 0.29) is 5.70 Å². The number of halogens is 1. The van der Waals surface area contributed by atoms with Crippen LogP contribution in [-0.4, -0.2) is 11.0 Å². The fourth-order valence-corrected chi connectivity index (χ4v) is 1.94. The molecule has 0 radical (unpaired) electrons. The van der Waals surface area contributed by atoms with E-state index in [0.29, 0.717) is 11.3 Å². The second-order valence-corrected chi connectivity index (χ2v) is 4.73. The summed E-state index contributed by atoms with van der Waals surface area (Å²) in [6.07, 6.45) is 1.75. The fraction of sp³-hybridized carbons (Fsp3) is 0.214. The number of thiocarbonyl (C=S) groups is 1. The first-order valence-corrected chi connectivity index (χ1v) is 5.93. The van der Waals surface area contributed by atoms with Crippen LogP contribution in [0.2, 0.25) is 0 Å². The molecular formula is C14H17FN2S. The van der Waals surface area contributed by atoms with Crippen molar-refractivity contribution in [3.63, 3.8) is 0 Å². The summed E-state index contributed by atoms with van der Waals surface area (Å²) in [6.45, 7) is 11.2. The van der Waals surface area contributed by atoms with E-state index >= 15 is 0 Å². The van der Waals surface area contributed by atoms with Crippen LogP contribution in [0.4, 0.5) is 10.1 Å². The average Bonchev–Trinajstić information content (AvgIpc) is 2.29. The highest BCUT2D eigenvalue weighted by Gasteiger charge is 2.22. The number of nitrogens with two attached hydrogens (primary N) is 1. The summed E-state index contributed by atoms with van der Waals surface area (Å²) in [7, 11) is 0. The zero-order valence-electron chi connectivity index (χ0n) is 10.6. The van der Waals surface area contributed by atoms with Crippen molar-refractivity contribution < 1.29 is 4.39 Å². The quantitative estimate of drug-likeness (QED) is 0.652. The van der Waals surface area contributed by atoms with Gasteiger partial charge in [0.1, 0.15) is 5.82 Å². The molecule has 0 saturated heterocycles. The molecule has 96 valence electrons. The molecule has 1 aromatic rings. The SMILES string of the molecule is C=CC(C)(C)N(C=S)c1ccc(C(=C)N)c(F)c1. The third-order valence-corrected chi connectivity index (χ3v) is 3.01. The minimum absolute atomic E-state index is 0.205. The van der Waals surface area contributed by atoms with Crippen LogP contribution in [0.3, 0.4) is 0 Å². The van der Waals surface area contributed by atoms with Crippen LogP contribution in [0, 0.1) is 5.82 Å². The van der Waals surface area contributed by atoms with Crippen LogP contribution in [0.25, 0.3) is 5.70 Å². The van der Waals surface area contributed by atoms with Crippen molar-refractivity contribution >= 4 is 29.1 Å². The van der Waals surface area contributed by atoms with Gasteiger partial charge in [0.05, 0.1) is 11.0 Å². The van der Waals surface area contributed by atoms with Crippen LogP contribution in [0.1, 0.15) is 19.4 Å². The first-order chi connectivity index (χ1) is 8.33. The lowest BCUT2D eigenvalue weighted by Crippen LogP contribution is -2.40. The summed E-state index contributed by atoms with van der Waals surface area (Å²) in [4.78, 5) is 1.77. The summed E-state index contributed by atoms with van der Waals surface area (Å²) in [5.41, 5.74) is 7.74. The van der Waals surface area contributed by atoms with Crippen molar-refractivity contribution in [1.29, 1.82) is 0 Å². The molecular weight excluding hydrogens is 247 g/mol. The maximum Gasteiger partial charge on any atom is 0.134 e. The minimum Gasteiger partial charge on any atom is -0.399 e. The van der Waals surface area contributed by atoms with Crippen molar-refractivity contribution in [1.82, 2.24) is 0 Å². The number of benzene rings is 1. The van der Waals surface area contributed by atoms with Gasteiger partial charge in [-0.05, 0) is 32.0 Å². The summed E-state index contributed by atoms with van der Waals surface area (Å²) in [5.74, 6) is -0.415. The van der Waals surface area contributed by atoms with E-state index in [1.165, 1.54) is 11.6 Å². The first kappa shape index (κ1) is 14.4. The average molecular weight is 264 g/mol. The van der Waals surface area contributed by atoms with Crippen LogP contribution < -0.4 is 10.6 Å². The fourth-order valence-electron chi connectivity index (χ4n) is 1.54. The molecule has 0 saturated carbocycles. The summed E-state index contributed by atoms with van der Waals surface area (Å²) in [6, 6.07) is 4.74. The third kappa shape index (κ3) is 2.76. The van der Waals surface area contributed by atoms with Gasteiger partial charge >= 0.3 is 0 Å². The molecule has 4 heteroatoms. The Morgan fingerprint density at radius 1 is 1.50 bits per heavy atom. The molecule has 0 aliphatic rings. The van der Waals surface area contributed by atoms with Gasteiger partial charge in [0.25, 0.3) is 0 Å². The first-order valence-electron chi connectivity index (χ1n) is 5.46. The van der Waals surface area contributed by atoms with Gasteiger partial charge in [0.2, 0.25) is 0 Å². The Balaban J connectivity index is 3.25. The molecule has 0 heterocycles. The minimum atomic E-state index is -0.415. The standard InChI is InChI=1S/C14H17FN2S/c1-5-14(3,4)17(9-18)11-6-7-12(10(2)16)13(15)8-11/h5-9H,1-2,16H2,3-4H3. The summed E-state index contributed by atoms with van der Waals surface area (Å²) in [5, 5.41) is 0. The van der Waals surface area contributed by atoms with E-state index in [2.05, 4.69) is 13.2 Å². The Kier molecular flexibility index (Phi) is 4.24. The number of anilines is 1. The Hall–Kier alpha value is -1.68. The second-order valence-electron chi connectivity index (χ2n) is 4.52. The van der Waals surface area contributed by atoms with E-state index in [9.17, 15) is 4.39 Å². The number of rotatable bonds is 5. The monoisotopic (exact) mass is 264 g/mol. The highest BCUT2D eigenvalue weighted by molar-refractivity contribution is 7.79. The molecule has 0 fully saturated rings. The van der Waals surface area contributed by atoms with E-state index in [1.54, 1.807) is 23.1 Å².